The van der Waals surface area contributed by atoms with Gasteiger partial charge in [0.25, 0.3) is 0 Å². The van der Waals surface area contributed by atoms with E-state index in [2.05, 4.69) is 24.3 Å². The van der Waals surface area contributed by atoms with Gasteiger partial charge < -0.3 is 0 Å². The van der Waals surface area contributed by atoms with Gasteiger partial charge in [-0.05, 0) is 6.42 Å². The van der Waals surface area contributed by atoms with Gasteiger partial charge in [0.2, 0.25) is 0 Å². The topological polar surface area (TPSA) is 0 Å². The van der Waals surface area contributed by atoms with E-state index in [1.54, 1.807) is 0 Å². The SMILES string of the molecule is C1=CCC=C1.[Tl+]. The van der Waals surface area contributed by atoms with E-state index in [1.807, 2.05) is 0 Å². The van der Waals surface area contributed by atoms with Crippen molar-refractivity contribution in [2.75, 3.05) is 0 Å². The van der Waals surface area contributed by atoms with Gasteiger partial charge in [0, 0.05) is 0 Å². The molecule has 1 rings (SSSR count). The first-order chi connectivity index (χ1) is 2.50. The molecule has 1 aliphatic carbocycles. The second-order valence-corrected chi connectivity index (χ2v) is 1.09. The van der Waals surface area contributed by atoms with E-state index in [0.717, 1.165) is 6.42 Å². The van der Waals surface area contributed by atoms with E-state index in [4.69, 9.17) is 0 Å². The zero-order valence-corrected chi connectivity index (χ0v) is 8.08. The molecule has 0 heterocycles. The summed E-state index contributed by atoms with van der Waals surface area (Å²) in [7, 11) is 0. The van der Waals surface area contributed by atoms with Crippen LogP contribution in [0.4, 0.5) is 0 Å². The summed E-state index contributed by atoms with van der Waals surface area (Å²) in [4.78, 5) is 0. The fraction of sp³-hybridized carbons (Fsp3) is 0.200. The first-order valence-electron chi connectivity index (χ1n) is 1.82. The van der Waals surface area contributed by atoms with Crippen LogP contribution >= 0.6 is 0 Å². The number of allylic oxidation sites excluding steroid dienone is 4. The number of hydrogen-bond acceptors (Lipinski definition) is 0. The fourth-order valence-electron chi connectivity index (χ4n) is 0.393. The van der Waals surface area contributed by atoms with E-state index in [-0.39, 0.29) is 27.3 Å². The maximum Gasteiger partial charge on any atom is 1.00 e. The average molecular weight is 270 g/mol. The Morgan fingerprint density at radius 1 is 1.00 bits per heavy atom. The Kier molecular flexibility index (Phi) is 3.83. The summed E-state index contributed by atoms with van der Waals surface area (Å²) < 4.78 is 0. The van der Waals surface area contributed by atoms with Crippen LogP contribution < -0.4 is 0 Å². The van der Waals surface area contributed by atoms with Crippen LogP contribution in [-0.2, 0) is 0 Å². The molecule has 0 aromatic carbocycles. The van der Waals surface area contributed by atoms with Gasteiger partial charge in [0.05, 0.1) is 0 Å². The molecule has 1 heteroatoms. The smallest absolute Gasteiger partial charge is 0.0808 e. The molecule has 0 aromatic rings. The molecule has 0 radical (unpaired) electrons. The van der Waals surface area contributed by atoms with Gasteiger partial charge >= 0.3 is 27.3 Å². The van der Waals surface area contributed by atoms with Crippen molar-refractivity contribution < 1.29 is 0 Å². The molecule has 1 aliphatic rings. The Balaban J connectivity index is 0.000000250. The normalized spacial score (nSPS) is 14.7. The van der Waals surface area contributed by atoms with Gasteiger partial charge in [-0.1, -0.05) is 24.3 Å². The van der Waals surface area contributed by atoms with Crippen molar-refractivity contribution in [2.45, 2.75) is 6.42 Å². The van der Waals surface area contributed by atoms with Crippen LogP contribution in [0.2, 0.25) is 0 Å². The van der Waals surface area contributed by atoms with Crippen LogP contribution in [0, 0.1) is 0 Å². The minimum absolute atomic E-state index is 0. The molecule has 0 atom stereocenters. The summed E-state index contributed by atoms with van der Waals surface area (Å²) in [5.41, 5.74) is 0. The minimum Gasteiger partial charge on any atom is -0.0808 e. The van der Waals surface area contributed by atoms with E-state index in [0.29, 0.717) is 0 Å². The van der Waals surface area contributed by atoms with Gasteiger partial charge in [-0.2, -0.15) is 0 Å². The first kappa shape index (κ1) is 6.40. The third-order valence-corrected chi connectivity index (χ3v) is 0.655. The van der Waals surface area contributed by atoms with Crippen molar-refractivity contribution in [1.29, 1.82) is 0 Å². The van der Waals surface area contributed by atoms with Gasteiger partial charge in [-0.15, -0.1) is 0 Å². The molecule has 0 fully saturated rings. The standard InChI is InChI=1S/C5H6.Tl/c1-2-4-5-3-1;/h1-4H,5H2;/q;+1. The summed E-state index contributed by atoms with van der Waals surface area (Å²) in [5.74, 6) is 0. The molecule has 28 valence electrons. The molecule has 6 heavy (non-hydrogen) atoms. The Bertz CT molecular complexity index is 62.0. The molecule has 0 saturated carbocycles. The third-order valence-electron chi connectivity index (χ3n) is 0.655. The van der Waals surface area contributed by atoms with Crippen LogP contribution in [0.3, 0.4) is 0 Å². The maximum absolute atomic E-state index is 2.12. The van der Waals surface area contributed by atoms with E-state index >= 15 is 0 Å². The Hall–Kier alpha value is 0.402. The van der Waals surface area contributed by atoms with Crippen molar-refractivity contribution in [2.24, 2.45) is 0 Å². The predicted molar refractivity (Wildman–Crippen MR) is 28.7 cm³/mol. The summed E-state index contributed by atoms with van der Waals surface area (Å²) in [5, 5.41) is 0. The molecule has 0 unspecified atom stereocenters. The summed E-state index contributed by atoms with van der Waals surface area (Å²) >= 11 is 0. The molecule has 0 aromatic heterocycles. The molecule has 0 saturated heterocycles. The predicted octanol–water partition coefficient (Wildman–Crippen LogP) is 1.12. The first-order valence-corrected chi connectivity index (χ1v) is 1.82. The number of hydrogen-bond donors (Lipinski definition) is 0. The van der Waals surface area contributed by atoms with E-state index in [9.17, 15) is 0 Å². The Morgan fingerprint density at radius 2 is 1.50 bits per heavy atom. The van der Waals surface area contributed by atoms with Gasteiger partial charge in [0.1, 0.15) is 0 Å². The monoisotopic (exact) mass is 271 g/mol. The average Bonchev–Trinajstić information content (AvgIpc) is 1.76. The van der Waals surface area contributed by atoms with Crippen LogP contribution in [0.25, 0.3) is 0 Å². The van der Waals surface area contributed by atoms with Crippen molar-refractivity contribution in [3.8, 4) is 0 Å². The third kappa shape index (κ3) is 1.75. The maximum atomic E-state index is 2.12. The van der Waals surface area contributed by atoms with Crippen molar-refractivity contribution >= 4 is 27.3 Å². The van der Waals surface area contributed by atoms with Crippen LogP contribution in [0.5, 0.6) is 0 Å². The molecule has 0 amide bonds. The minimum atomic E-state index is 0. The van der Waals surface area contributed by atoms with Crippen LogP contribution in [-0.4, -0.2) is 27.3 Å². The largest absolute Gasteiger partial charge is 1.00 e. The summed E-state index contributed by atoms with van der Waals surface area (Å²) in [6.07, 6.45) is 9.50. The van der Waals surface area contributed by atoms with Crippen molar-refractivity contribution in [1.82, 2.24) is 0 Å². The van der Waals surface area contributed by atoms with Crippen LogP contribution in [0.15, 0.2) is 24.3 Å². The van der Waals surface area contributed by atoms with Crippen LogP contribution in [0.1, 0.15) is 6.42 Å². The summed E-state index contributed by atoms with van der Waals surface area (Å²) in [6, 6.07) is 0. The molecule has 0 aliphatic heterocycles. The fourth-order valence-corrected chi connectivity index (χ4v) is 0.393. The second-order valence-electron chi connectivity index (χ2n) is 1.09. The second kappa shape index (κ2) is 3.59. The van der Waals surface area contributed by atoms with Crippen molar-refractivity contribution in [3.63, 3.8) is 0 Å². The Morgan fingerprint density at radius 3 is 1.67 bits per heavy atom. The number of rotatable bonds is 0. The molecule has 0 spiro atoms. The van der Waals surface area contributed by atoms with Gasteiger partial charge in [-0.3, -0.25) is 0 Å². The molecule has 0 nitrogen and oxygen atoms in total. The molecule has 0 bridgehead atoms. The van der Waals surface area contributed by atoms with Gasteiger partial charge in [-0.25, -0.2) is 0 Å². The zero-order valence-electron chi connectivity index (χ0n) is 3.59. The van der Waals surface area contributed by atoms with E-state index < -0.39 is 0 Å². The van der Waals surface area contributed by atoms with Crippen molar-refractivity contribution in [3.05, 3.63) is 24.3 Å². The zero-order chi connectivity index (χ0) is 3.54. The quantitative estimate of drug-likeness (QED) is 0.579. The summed E-state index contributed by atoms with van der Waals surface area (Å²) in [6.45, 7) is 0. The Labute approximate surface area is 58.1 Å². The van der Waals surface area contributed by atoms with Gasteiger partial charge in [0.15, 0.2) is 0 Å². The molecular weight excluding hydrogens is 264 g/mol. The van der Waals surface area contributed by atoms with E-state index in [1.165, 1.54) is 0 Å². The molecular formula is C5H6Tl+. The molecule has 0 N–H and O–H groups in total.